The minimum absolute atomic E-state index is 0.0445. The number of rotatable bonds is 2. The maximum atomic E-state index is 11.5. The maximum absolute atomic E-state index is 11.5. The molecule has 0 bridgehead atoms. The Kier molecular flexibility index (Phi) is 3.10. The molecule has 0 saturated heterocycles. The van der Waals surface area contributed by atoms with Gasteiger partial charge in [0.1, 0.15) is 0 Å². The summed E-state index contributed by atoms with van der Waals surface area (Å²) in [6.45, 7) is 0. The van der Waals surface area contributed by atoms with Crippen LogP contribution in [0.2, 0.25) is 0 Å². The van der Waals surface area contributed by atoms with E-state index in [9.17, 15) is 9.59 Å². The minimum Gasteiger partial charge on any atom is -0.326 e. The number of nitrogens with two attached hydrogens (primary N) is 1. The fraction of sp³-hybridized carbons (Fsp3) is 0.333. The summed E-state index contributed by atoms with van der Waals surface area (Å²) in [4.78, 5) is 22.7. The van der Waals surface area contributed by atoms with Gasteiger partial charge in [0.15, 0.2) is 0 Å². The second-order valence-corrected chi connectivity index (χ2v) is 4.22. The van der Waals surface area contributed by atoms with Crippen LogP contribution in [0.15, 0.2) is 18.2 Å². The van der Waals surface area contributed by atoms with Gasteiger partial charge in [-0.05, 0) is 23.6 Å². The molecule has 3 N–H and O–H groups in total. The zero-order valence-corrected chi connectivity index (χ0v) is 9.69. The lowest BCUT2D eigenvalue weighted by molar-refractivity contribution is -0.129. The van der Waals surface area contributed by atoms with Crippen molar-refractivity contribution in [2.45, 2.75) is 19.3 Å². The molecule has 90 valence electrons. The van der Waals surface area contributed by atoms with E-state index in [-0.39, 0.29) is 18.2 Å². The van der Waals surface area contributed by atoms with Crippen LogP contribution in [-0.2, 0) is 22.4 Å². The van der Waals surface area contributed by atoms with E-state index < -0.39 is 0 Å². The number of hydrogen-bond acceptors (Lipinski definition) is 3. The Morgan fingerprint density at radius 2 is 2.24 bits per heavy atom. The molecule has 0 atom stereocenters. The van der Waals surface area contributed by atoms with Gasteiger partial charge in [0, 0.05) is 19.2 Å². The van der Waals surface area contributed by atoms with E-state index >= 15 is 0 Å². The van der Waals surface area contributed by atoms with Crippen molar-refractivity contribution in [1.29, 1.82) is 0 Å². The van der Waals surface area contributed by atoms with Crippen molar-refractivity contribution in [3.8, 4) is 0 Å². The number of amides is 2. The summed E-state index contributed by atoms with van der Waals surface area (Å²) in [5.74, 6) is 5.28. The quantitative estimate of drug-likeness (QED) is 0.442. The number of hydrazine groups is 1. The lowest BCUT2D eigenvalue weighted by atomic mass is 9.99. The number of carbonyl (C=O) groups is 2. The van der Waals surface area contributed by atoms with Crippen molar-refractivity contribution >= 4 is 17.5 Å². The maximum Gasteiger partial charge on any atom is 0.240 e. The molecule has 17 heavy (non-hydrogen) atoms. The van der Waals surface area contributed by atoms with E-state index in [1.807, 2.05) is 18.2 Å². The van der Waals surface area contributed by atoms with Gasteiger partial charge in [0.2, 0.25) is 11.8 Å². The largest absolute Gasteiger partial charge is 0.326 e. The summed E-state index contributed by atoms with van der Waals surface area (Å²) < 4.78 is 0. The number of nitrogens with zero attached hydrogens (tertiary/aromatic N) is 1. The number of likely N-dealkylation sites (N-methyl/N-ethyl adjacent to an activating group) is 1. The van der Waals surface area contributed by atoms with E-state index in [0.29, 0.717) is 6.42 Å². The molecule has 1 aliphatic heterocycles. The molecule has 5 nitrogen and oxygen atoms in total. The first-order valence-electron chi connectivity index (χ1n) is 5.49. The van der Waals surface area contributed by atoms with Gasteiger partial charge in [-0.1, -0.05) is 12.1 Å². The molecule has 0 unspecified atom stereocenters. The minimum atomic E-state index is -0.134. The van der Waals surface area contributed by atoms with Crippen LogP contribution in [0.3, 0.4) is 0 Å². The third-order valence-electron chi connectivity index (χ3n) is 2.81. The molecular weight excluding hydrogens is 218 g/mol. The number of hydrogen-bond donors (Lipinski definition) is 2. The second-order valence-electron chi connectivity index (χ2n) is 4.22. The summed E-state index contributed by atoms with van der Waals surface area (Å²) in [6.07, 6.45) is 1.51. The van der Waals surface area contributed by atoms with Crippen LogP contribution in [0, 0.1) is 0 Å². The Hall–Kier alpha value is -1.88. The zero-order chi connectivity index (χ0) is 12.4. The average molecular weight is 233 g/mol. The summed E-state index contributed by atoms with van der Waals surface area (Å²) >= 11 is 0. The highest BCUT2D eigenvalue weighted by atomic mass is 16.2. The van der Waals surface area contributed by atoms with Crippen LogP contribution in [0.25, 0.3) is 0 Å². The molecule has 2 rings (SSSR count). The van der Waals surface area contributed by atoms with Gasteiger partial charge >= 0.3 is 0 Å². The number of aryl methyl sites for hydroxylation is 1. The Morgan fingerprint density at radius 1 is 1.47 bits per heavy atom. The molecule has 1 aliphatic rings. The standard InChI is InChI=1S/C12H15N3O2/c1-15(13)12(17)7-8-2-4-10-9(6-8)3-5-11(16)14-10/h2,4,6H,3,5,7,13H2,1H3,(H,14,16). The highest BCUT2D eigenvalue weighted by Crippen LogP contribution is 2.23. The number of fused-ring (bicyclic) bond motifs is 1. The Labute approximate surface area is 99.6 Å². The first-order chi connectivity index (χ1) is 8.06. The third kappa shape index (κ3) is 2.62. The van der Waals surface area contributed by atoms with Gasteiger partial charge in [-0.2, -0.15) is 0 Å². The van der Waals surface area contributed by atoms with Crippen molar-refractivity contribution in [3.63, 3.8) is 0 Å². The summed E-state index contributed by atoms with van der Waals surface area (Å²) in [5, 5.41) is 3.89. The van der Waals surface area contributed by atoms with Crippen molar-refractivity contribution in [1.82, 2.24) is 5.01 Å². The molecule has 0 spiro atoms. The average Bonchev–Trinajstić information content (AvgIpc) is 2.29. The first kappa shape index (κ1) is 11.6. The highest BCUT2D eigenvalue weighted by molar-refractivity contribution is 5.94. The molecule has 5 heteroatoms. The molecule has 2 amide bonds. The lowest BCUT2D eigenvalue weighted by Crippen LogP contribution is -2.34. The number of benzene rings is 1. The van der Waals surface area contributed by atoms with Gasteiger partial charge in [0.25, 0.3) is 0 Å². The highest BCUT2D eigenvalue weighted by Gasteiger charge is 2.15. The molecule has 0 saturated carbocycles. The van der Waals surface area contributed by atoms with Crippen molar-refractivity contribution in [2.24, 2.45) is 5.84 Å². The molecule has 1 aromatic rings. The number of nitrogens with one attached hydrogen (secondary N) is 1. The molecule has 0 radical (unpaired) electrons. The van der Waals surface area contributed by atoms with E-state index in [1.54, 1.807) is 0 Å². The Bertz CT molecular complexity index is 469. The SMILES string of the molecule is CN(N)C(=O)Cc1ccc2c(c1)CCC(=O)N2. The van der Waals surface area contributed by atoms with Crippen molar-refractivity contribution in [3.05, 3.63) is 29.3 Å². The molecule has 1 heterocycles. The Balaban J connectivity index is 2.17. The molecule has 0 aliphatic carbocycles. The zero-order valence-electron chi connectivity index (χ0n) is 9.69. The number of anilines is 1. The van der Waals surface area contributed by atoms with Gasteiger partial charge < -0.3 is 5.32 Å². The van der Waals surface area contributed by atoms with Gasteiger partial charge in [-0.25, -0.2) is 5.84 Å². The normalized spacial score (nSPS) is 13.9. The van der Waals surface area contributed by atoms with Crippen molar-refractivity contribution < 1.29 is 9.59 Å². The fourth-order valence-electron chi connectivity index (χ4n) is 1.85. The van der Waals surface area contributed by atoms with E-state index in [2.05, 4.69) is 5.32 Å². The molecular formula is C12H15N3O2. The smallest absolute Gasteiger partial charge is 0.240 e. The first-order valence-corrected chi connectivity index (χ1v) is 5.49. The van der Waals surface area contributed by atoms with Crippen molar-refractivity contribution in [2.75, 3.05) is 12.4 Å². The van der Waals surface area contributed by atoms with Gasteiger partial charge in [-0.3, -0.25) is 14.6 Å². The third-order valence-corrected chi connectivity index (χ3v) is 2.81. The summed E-state index contributed by atoms with van der Waals surface area (Å²) in [7, 11) is 1.53. The number of carbonyl (C=O) groups excluding carboxylic acids is 2. The Morgan fingerprint density at radius 3 is 2.94 bits per heavy atom. The van der Waals surface area contributed by atoms with Crippen LogP contribution >= 0.6 is 0 Å². The second kappa shape index (κ2) is 4.55. The molecule has 0 aromatic heterocycles. The predicted molar refractivity (Wildman–Crippen MR) is 64.1 cm³/mol. The summed E-state index contributed by atoms with van der Waals surface area (Å²) in [6, 6.07) is 5.63. The summed E-state index contributed by atoms with van der Waals surface area (Å²) in [5.41, 5.74) is 2.84. The van der Waals surface area contributed by atoms with Crippen LogP contribution < -0.4 is 11.2 Å². The van der Waals surface area contributed by atoms with Crippen LogP contribution in [0.4, 0.5) is 5.69 Å². The predicted octanol–water partition coefficient (Wildman–Crippen LogP) is 0.446. The van der Waals surface area contributed by atoms with Crippen LogP contribution in [-0.4, -0.2) is 23.9 Å². The van der Waals surface area contributed by atoms with E-state index in [1.165, 1.54) is 7.05 Å². The lowest BCUT2D eigenvalue weighted by Gasteiger charge is -2.18. The molecule has 0 fully saturated rings. The monoisotopic (exact) mass is 233 g/mol. The van der Waals surface area contributed by atoms with Gasteiger partial charge in [-0.15, -0.1) is 0 Å². The topological polar surface area (TPSA) is 75.4 Å². The fourth-order valence-corrected chi connectivity index (χ4v) is 1.85. The molecule has 1 aromatic carbocycles. The van der Waals surface area contributed by atoms with Crippen LogP contribution in [0.5, 0.6) is 0 Å². The van der Waals surface area contributed by atoms with E-state index in [0.717, 1.165) is 28.2 Å². The van der Waals surface area contributed by atoms with E-state index in [4.69, 9.17) is 5.84 Å². The van der Waals surface area contributed by atoms with Gasteiger partial charge in [0.05, 0.1) is 6.42 Å². The van der Waals surface area contributed by atoms with Crippen LogP contribution in [0.1, 0.15) is 17.5 Å².